The Morgan fingerprint density at radius 1 is 0.816 bits per heavy atom. The first-order valence-corrected chi connectivity index (χ1v) is 12.0. The number of carbonyl (C=O) groups is 3. The van der Waals surface area contributed by atoms with Gasteiger partial charge in [0.2, 0.25) is 0 Å². The fraction of sp³-hybridized carbons (Fsp3) is 0.0714. The van der Waals surface area contributed by atoms with Gasteiger partial charge in [0.15, 0.2) is 11.5 Å². The van der Waals surface area contributed by atoms with Gasteiger partial charge in [0.05, 0.1) is 26.0 Å². The van der Waals surface area contributed by atoms with Gasteiger partial charge in [0.1, 0.15) is 5.75 Å². The van der Waals surface area contributed by atoms with Crippen molar-refractivity contribution in [3.05, 3.63) is 94.5 Å². The molecule has 0 radical (unpaired) electrons. The van der Waals surface area contributed by atoms with Crippen LogP contribution in [0.5, 0.6) is 17.2 Å². The highest BCUT2D eigenvalue weighted by atomic mass is 79.9. The quantitative estimate of drug-likeness (QED) is 0.106. The molecule has 0 saturated heterocycles. The third-order valence-corrected chi connectivity index (χ3v) is 5.90. The molecule has 2 N–H and O–H groups in total. The average molecular weight is 576 g/mol. The molecule has 9 nitrogen and oxygen atoms in total. The van der Waals surface area contributed by atoms with Crippen LogP contribution in [0, 0.1) is 0 Å². The van der Waals surface area contributed by atoms with Crippen LogP contribution >= 0.6 is 15.9 Å². The molecule has 0 aliphatic carbocycles. The van der Waals surface area contributed by atoms with Crippen molar-refractivity contribution in [2.75, 3.05) is 19.5 Å². The zero-order valence-electron chi connectivity index (χ0n) is 20.4. The first-order chi connectivity index (χ1) is 18.4. The van der Waals surface area contributed by atoms with Gasteiger partial charge < -0.3 is 19.5 Å². The highest BCUT2D eigenvalue weighted by Crippen LogP contribution is 2.29. The van der Waals surface area contributed by atoms with Crippen LogP contribution in [0.4, 0.5) is 5.69 Å². The van der Waals surface area contributed by atoms with Gasteiger partial charge in [0.25, 0.3) is 0 Å². The number of benzene rings is 4. The number of hydrazone groups is 1. The number of halogens is 1. The molecule has 0 heterocycles. The van der Waals surface area contributed by atoms with Gasteiger partial charge in [0, 0.05) is 21.1 Å². The molecule has 4 aromatic rings. The Hall–Kier alpha value is -4.70. The summed E-state index contributed by atoms with van der Waals surface area (Å²) in [5.74, 6) is -1.45. The van der Waals surface area contributed by atoms with E-state index in [1.54, 1.807) is 42.5 Å². The average Bonchev–Trinajstić information content (AvgIpc) is 2.94. The Balaban J connectivity index is 1.44. The van der Waals surface area contributed by atoms with Gasteiger partial charge in [-0.15, -0.1) is 0 Å². The summed E-state index contributed by atoms with van der Waals surface area (Å²) in [5.41, 5.74) is 3.31. The van der Waals surface area contributed by atoms with Crippen LogP contribution in [0.15, 0.2) is 88.4 Å². The highest BCUT2D eigenvalue weighted by molar-refractivity contribution is 9.10. The van der Waals surface area contributed by atoms with E-state index in [0.29, 0.717) is 27.2 Å². The Kier molecular flexibility index (Phi) is 8.34. The van der Waals surface area contributed by atoms with Crippen molar-refractivity contribution in [3.8, 4) is 17.2 Å². The second-order valence-corrected chi connectivity index (χ2v) is 8.74. The fourth-order valence-electron chi connectivity index (χ4n) is 3.56. The summed E-state index contributed by atoms with van der Waals surface area (Å²) >= 11 is 3.36. The molecule has 192 valence electrons. The van der Waals surface area contributed by atoms with E-state index in [-0.39, 0.29) is 11.3 Å². The Labute approximate surface area is 226 Å². The topological polar surface area (TPSA) is 115 Å². The molecule has 4 aromatic carbocycles. The highest BCUT2D eigenvalue weighted by Gasteiger charge is 2.16. The van der Waals surface area contributed by atoms with Crippen LogP contribution in [-0.4, -0.2) is 38.2 Å². The number of ether oxygens (including phenoxy) is 3. The molecular formula is C28H22BrN3O6. The number of methoxy groups -OCH3 is 2. The van der Waals surface area contributed by atoms with E-state index in [9.17, 15) is 14.4 Å². The molecule has 0 saturated carbocycles. The summed E-state index contributed by atoms with van der Waals surface area (Å²) in [5, 5.41) is 8.18. The van der Waals surface area contributed by atoms with Crippen LogP contribution in [0.3, 0.4) is 0 Å². The van der Waals surface area contributed by atoms with Crippen LogP contribution < -0.4 is 25.0 Å². The first kappa shape index (κ1) is 26.4. The summed E-state index contributed by atoms with van der Waals surface area (Å²) in [6, 6.07) is 22.4. The Morgan fingerprint density at radius 2 is 1.55 bits per heavy atom. The number of amides is 2. The molecule has 0 unspecified atom stereocenters. The maximum absolute atomic E-state index is 12.8. The van der Waals surface area contributed by atoms with Crippen molar-refractivity contribution in [1.29, 1.82) is 0 Å². The van der Waals surface area contributed by atoms with E-state index in [2.05, 4.69) is 31.8 Å². The van der Waals surface area contributed by atoms with E-state index in [1.165, 1.54) is 26.5 Å². The van der Waals surface area contributed by atoms with Crippen molar-refractivity contribution >= 4 is 56.4 Å². The number of hydrogen-bond acceptors (Lipinski definition) is 7. The molecule has 0 spiro atoms. The van der Waals surface area contributed by atoms with E-state index >= 15 is 0 Å². The lowest BCUT2D eigenvalue weighted by molar-refractivity contribution is -0.136. The third-order valence-electron chi connectivity index (χ3n) is 5.41. The minimum absolute atomic E-state index is 0.186. The van der Waals surface area contributed by atoms with Gasteiger partial charge in [-0.3, -0.25) is 9.59 Å². The molecule has 0 aromatic heterocycles. The van der Waals surface area contributed by atoms with E-state index < -0.39 is 17.8 Å². The van der Waals surface area contributed by atoms with Crippen LogP contribution in [0.2, 0.25) is 0 Å². The number of fused-ring (bicyclic) bond motifs is 1. The van der Waals surface area contributed by atoms with Gasteiger partial charge in [-0.05, 0) is 47.9 Å². The lowest BCUT2D eigenvalue weighted by Gasteiger charge is -2.11. The van der Waals surface area contributed by atoms with Crippen LogP contribution in [-0.2, 0) is 9.59 Å². The Morgan fingerprint density at radius 3 is 2.34 bits per heavy atom. The number of anilines is 1. The van der Waals surface area contributed by atoms with Crippen molar-refractivity contribution in [3.63, 3.8) is 0 Å². The number of rotatable bonds is 7. The van der Waals surface area contributed by atoms with Crippen LogP contribution in [0.25, 0.3) is 10.8 Å². The lowest BCUT2D eigenvalue weighted by Crippen LogP contribution is -2.32. The molecule has 0 aliphatic heterocycles. The largest absolute Gasteiger partial charge is 0.493 e. The number of carbonyl (C=O) groups excluding carboxylic acids is 3. The normalized spacial score (nSPS) is 10.7. The molecule has 0 aliphatic rings. The minimum Gasteiger partial charge on any atom is -0.493 e. The fourth-order valence-corrected chi connectivity index (χ4v) is 3.94. The van der Waals surface area contributed by atoms with E-state index in [4.69, 9.17) is 14.2 Å². The Bertz CT molecular complexity index is 1550. The smallest absolute Gasteiger partial charge is 0.343 e. The number of esters is 1. The summed E-state index contributed by atoms with van der Waals surface area (Å²) in [6.07, 6.45) is 1.27. The molecule has 0 bridgehead atoms. The summed E-state index contributed by atoms with van der Waals surface area (Å²) < 4.78 is 16.7. The maximum atomic E-state index is 12.8. The zero-order chi connectivity index (χ0) is 27.1. The predicted molar refractivity (Wildman–Crippen MR) is 147 cm³/mol. The molecule has 38 heavy (non-hydrogen) atoms. The zero-order valence-corrected chi connectivity index (χ0v) is 21.9. The monoisotopic (exact) mass is 575 g/mol. The minimum atomic E-state index is -0.965. The van der Waals surface area contributed by atoms with Gasteiger partial charge in [-0.25, -0.2) is 10.2 Å². The summed E-state index contributed by atoms with van der Waals surface area (Å²) in [6.45, 7) is 0. The molecule has 4 rings (SSSR count). The predicted octanol–water partition coefficient (Wildman–Crippen LogP) is 4.93. The van der Waals surface area contributed by atoms with E-state index in [1.807, 2.05) is 30.3 Å². The number of nitrogens with one attached hydrogen (secondary N) is 2. The maximum Gasteiger partial charge on any atom is 0.343 e. The second-order valence-electron chi connectivity index (χ2n) is 7.82. The SMILES string of the molecule is COc1ccc(C(=O)Oc2ccc(Br)cc2/C=N/NC(=O)C(=O)Nc2cccc3ccccc23)cc1OC. The van der Waals surface area contributed by atoms with Gasteiger partial charge in [-0.1, -0.05) is 52.3 Å². The van der Waals surface area contributed by atoms with Crippen molar-refractivity contribution in [2.24, 2.45) is 5.10 Å². The van der Waals surface area contributed by atoms with E-state index in [0.717, 1.165) is 10.8 Å². The van der Waals surface area contributed by atoms with Crippen molar-refractivity contribution in [2.45, 2.75) is 0 Å². The molecule has 0 atom stereocenters. The lowest BCUT2D eigenvalue weighted by atomic mass is 10.1. The second kappa shape index (κ2) is 12.0. The van der Waals surface area contributed by atoms with Crippen molar-refractivity contribution in [1.82, 2.24) is 5.43 Å². The molecule has 2 amide bonds. The number of nitrogens with zero attached hydrogens (tertiary/aromatic N) is 1. The summed E-state index contributed by atoms with van der Waals surface area (Å²) in [4.78, 5) is 37.5. The molecule has 10 heteroatoms. The van der Waals surface area contributed by atoms with Gasteiger partial charge >= 0.3 is 17.8 Å². The van der Waals surface area contributed by atoms with Crippen molar-refractivity contribution < 1.29 is 28.6 Å². The number of hydrogen-bond donors (Lipinski definition) is 2. The van der Waals surface area contributed by atoms with Gasteiger partial charge in [-0.2, -0.15) is 5.10 Å². The first-order valence-electron chi connectivity index (χ1n) is 11.3. The molecule has 0 fully saturated rings. The standard InChI is InChI=1S/C28H22BrN3O6/c1-36-24-12-10-18(15-25(24)37-2)28(35)38-23-13-11-20(29)14-19(23)16-30-32-27(34)26(33)31-22-9-5-7-17-6-3-4-8-21(17)22/h3-16H,1-2H3,(H,31,33)(H,32,34)/b30-16+. The summed E-state index contributed by atoms with van der Waals surface area (Å²) in [7, 11) is 2.96. The third kappa shape index (κ3) is 6.16. The molecular weight excluding hydrogens is 554 g/mol. The van der Waals surface area contributed by atoms with Crippen LogP contribution in [0.1, 0.15) is 15.9 Å².